The lowest BCUT2D eigenvalue weighted by molar-refractivity contribution is -0.122. The molecule has 1 N–H and O–H groups in total. The van der Waals surface area contributed by atoms with Crippen molar-refractivity contribution < 1.29 is 9.53 Å². The van der Waals surface area contributed by atoms with Crippen LogP contribution in [0.3, 0.4) is 0 Å². The lowest BCUT2D eigenvalue weighted by Gasteiger charge is -2.21. The first-order chi connectivity index (χ1) is 13.4. The summed E-state index contributed by atoms with van der Waals surface area (Å²) < 4.78 is 5.95. The van der Waals surface area contributed by atoms with Crippen LogP contribution >= 0.6 is 0 Å². The highest BCUT2D eigenvalue weighted by Crippen LogP contribution is 2.25. The summed E-state index contributed by atoms with van der Waals surface area (Å²) in [6.07, 6.45) is 2.60. The molecule has 3 rings (SSSR count). The van der Waals surface area contributed by atoms with Gasteiger partial charge in [0.25, 0.3) is 5.91 Å². The van der Waals surface area contributed by atoms with E-state index in [0.29, 0.717) is 6.42 Å². The van der Waals surface area contributed by atoms with Gasteiger partial charge < -0.3 is 15.0 Å². The third-order valence-electron chi connectivity index (χ3n) is 5.27. The van der Waals surface area contributed by atoms with Gasteiger partial charge in [0, 0.05) is 24.5 Å². The van der Waals surface area contributed by atoms with E-state index in [2.05, 4.69) is 55.3 Å². The fraction of sp³-hybridized carbons (Fsp3) is 0.458. The minimum absolute atomic E-state index is 0.0985. The zero-order valence-electron chi connectivity index (χ0n) is 17.5. The quantitative estimate of drug-likeness (QED) is 0.731. The van der Waals surface area contributed by atoms with E-state index >= 15 is 0 Å². The van der Waals surface area contributed by atoms with Crippen molar-refractivity contribution in [3.05, 3.63) is 54.1 Å². The van der Waals surface area contributed by atoms with Gasteiger partial charge in [0.15, 0.2) is 6.10 Å². The molecule has 1 aliphatic rings. The van der Waals surface area contributed by atoms with Crippen LogP contribution in [0.25, 0.3) is 0 Å². The first-order valence-corrected chi connectivity index (χ1v) is 10.3. The van der Waals surface area contributed by atoms with E-state index in [-0.39, 0.29) is 11.3 Å². The average Bonchev–Trinajstić information content (AvgIpc) is 3.21. The van der Waals surface area contributed by atoms with E-state index in [1.165, 1.54) is 24.1 Å². The number of ether oxygens (including phenoxy) is 1. The van der Waals surface area contributed by atoms with Crippen molar-refractivity contribution in [3.63, 3.8) is 0 Å². The Bertz CT molecular complexity index is 770. The maximum Gasteiger partial charge on any atom is 0.265 e. The van der Waals surface area contributed by atoms with Crippen LogP contribution < -0.4 is 15.0 Å². The molecule has 1 atom stereocenters. The minimum atomic E-state index is -0.515. The largest absolute Gasteiger partial charge is 0.481 e. The normalized spacial score (nSPS) is 15.4. The van der Waals surface area contributed by atoms with Crippen molar-refractivity contribution in [1.82, 2.24) is 0 Å². The smallest absolute Gasteiger partial charge is 0.265 e. The summed E-state index contributed by atoms with van der Waals surface area (Å²) in [6.45, 7) is 10.7. The van der Waals surface area contributed by atoms with E-state index < -0.39 is 6.10 Å². The molecular formula is C24H32N2O2. The Morgan fingerprint density at radius 1 is 1.04 bits per heavy atom. The minimum Gasteiger partial charge on any atom is -0.481 e. The molecule has 150 valence electrons. The molecule has 0 saturated carbocycles. The monoisotopic (exact) mass is 380 g/mol. The Morgan fingerprint density at radius 3 is 2.18 bits per heavy atom. The summed E-state index contributed by atoms with van der Waals surface area (Å²) >= 11 is 0. The van der Waals surface area contributed by atoms with Crippen LogP contribution in [0.15, 0.2) is 48.5 Å². The van der Waals surface area contributed by atoms with Gasteiger partial charge >= 0.3 is 0 Å². The Balaban J connectivity index is 1.60. The molecule has 0 spiro atoms. The molecule has 1 heterocycles. The molecule has 0 aromatic heterocycles. The second kappa shape index (κ2) is 8.68. The van der Waals surface area contributed by atoms with Crippen LogP contribution in [-0.4, -0.2) is 25.1 Å². The summed E-state index contributed by atoms with van der Waals surface area (Å²) in [6, 6.07) is 16.1. The van der Waals surface area contributed by atoms with Crippen LogP contribution in [0, 0.1) is 0 Å². The van der Waals surface area contributed by atoms with Crippen molar-refractivity contribution in [2.75, 3.05) is 23.3 Å². The molecule has 2 aromatic rings. The highest BCUT2D eigenvalue weighted by Gasteiger charge is 2.20. The van der Waals surface area contributed by atoms with Gasteiger partial charge in [-0.15, -0.1) is 0 Å². The average molecular weight is 381 g/mol. The van der Waals surface area contributed by atoms with E-state index in [1.807, 2.05) is 31.2 Å². The van der Waals surface area contributed by atoms with E-state index in [0.717, 1.165) is 24.5 Å². The predicted octanol–water partition coefficient (Wildman–Crippen LogP) is 5.38. The number of nitrogens with zero attached hydrogens (tertiary/aromatic N) is 1. The van der Waals surface area contributed by atoms with Gasteiger partial charge in [-0.1, -0.05) is 39.8 Å². The zero-order valence-corrected chi connectivity index (χ0v) is 17.5. The molecule has 4 nitrogen and oxygen atoms in total. The van der Waals surface area contributed by atoms with Crippen LogP contribution in [0.1, 0.15) is 52.5 Å². The molecule has 0 aliphatic carbocycles. The summed E-state index contributed by atoms with van der Waals surface area (Å²) in [7, 11) is 0. The molecular weight excluding hydrogens is 348 g/mol. The van der Waals surface area contributed by atoms with Crippen molar-refractivity contribution >= 4 is 17.3 Å². The fourth-order valence-electron chi connectivity index (χ4n) is 3.47. The van der Waals surface area contributed by atoms with E-state index in [4.69, 9.17) is 4.74 Å². The number of rotatable bonds is 6. The number of hydrogen-bond acceptors (Lipinski definition) is 3. The van der Waals surface area contributed by atoms with Gasteiger partial charge in [0.05, 0.1) is 0 Å². The standard InChI is InChI=1S/C24H32N2O2/c1-5-22(28-21-14-8-18(9-15-21)24(2,3)4)23(27)25-19-10-12-20(13-11-19)26-16-6-7-17-26/h8-15,22H,5-7,16-17H2,1-4H3,(H,25,27)/t22-/m0/s1. The first-order valence-electron chi connectivity index (χ1n) is 10.3. The number of carbonyl (C=O) groups excluding carboxylic acids is 1. The fourth-order valence-corrected chi connectivity index (χ4v) is 3.47. The van der Waals surface area contributed by atoms with Crippen LogP contribution in [0.4, 0.5) is 11.4 Å². The Morgan fingerprint density at radius 2 is 1.64 bits per heavy atom. The number of nitrogens with one attached hydrogen (secondary N) is 1. The number of hydrogen-bond donors (Lipinski definition) is 1. The molecule has 28 heavy (non-hydrogen) atoms. The number of anilines is 2. The summed E-state index contributed by atoms with van der Waals surface area (Å²) in [5.74, 6) is 0.607. The zero-order chi connectivity index (χ0) is 20.1. The number of benzene rings is 2. The third kappa shape index (κ3) is 5.06. The summed E-state index contributed by atoms with van der Waals surface area (Å²) in [5, 5.41) is 2.98. The third-order valence-corrected chi connectivity index (χ3v) is 5.27. The van der Waals surface area contributed by atoms with Crippen molar-refractivity contribution in [2.45, 2.75) is 58.5 Å². The molecule has 0 radical (unpaired) electrons. The number of amides is 1. The lowest BCUT2D eigenvalue weighted by atomic mass is 9.87. The van der Waals surface area contributed by atoms with Crippen molar-refractivity contribution in [1.29, 1.82) is 0 Å². The molecule has 2 aromatic carbocycles. The SMILES string of the molecule is CC[C@H](Oc1ccc(C(C)(C)C)cc1)C(=O)Nc1ccc(N2CCCC2)cc1. The molecule has 1 fully saturated rings. The van der Waals surface area contributed by atoms with Gasteiger partial charge in [-0.3, -0.25) is 4.79 Å². The van der Waals surface area contributed by atoms with Gasteiger partial charge in [-0.05, 0) is 66.6 Å². The Hall–Kier alpha value is -2.49. The maximum absolute atomic E-state index is 12.7. The van der Waals surface area contributed by atoms with Crippen LogP contribution in [0.2, 0.25) is 0 Å². The summed E-state index contributed by atoms with van der Waals surface area (Å²) in [5.41, 5.74) is 3.37. The lowest BCUT2D eigenvalue weighted by Crippen LogP contribution is -2.32. The topological polar surface area (TPSA) is 41.6 Å². The molecule has 1 saturated heterocycles. The number of carbonyl (C=O) groups is 1. The van der Waals surface area contributed by atoms with E-state index in [9.17, 15) is 4.79 Å². The van der Waals surface area contributed by atoms with Crippen molar-refractivity contribution in [2.24, 2.45) is 0 Å². The van der Waals surface area contributed by atoms with E-state index in [1.54, 1.807) is 0 Å². The van der Waals surface area contributed by atoms with Gasteiger partial charge in [-0.2, -0.15) is 0 Å². The van der Waals surface area contributed by atoms with Crippen LogP contribution in [0.5, 0.6) is 5.75 Å². The molecule has 0 bridgehead atoms. The molecule has 4 heteroatoms. The van der Waals surface area contributed by atoms with Gasteiger partial charge in [0.2, 0.25) is 0 Å². The van der Waals surface area contributed by atoms with Crippen LogP contribution in [-0.2, 0) is 10.2 Å². The highest BCUT2D eigenvalue weighted by atomic mass is 16.5. The summed E-state index contributed by atoms with van der Waals surface area (Å²) in [4.78, 5) is 15.0. The molecule has 1 aliphatic heterocycles. The molecule has 0 unspecified atom stereocenters. The Kier molecular flexibility index (Phi) is 6.28. The van der Waals surface area contributed by atoms with Gasteiger partial charge in [0.1, 0.15) is 5.75 Å². The Labute approximate surface area is 168 Å². The molecule has 1 amide bonds. The predicted molar refractivity (Wildman–Crippen MR) is 116 cm³/mol. The van der Waals surface area contributed by atoms with Gasteiger partial charge in [-0.25, -0.2) is 0 Å². The highest BCUT2D eigenvalue weighted by molar-refractivity contribution is 5.94. The second-order valence-electron chi connectivity index (χ2n) is 8.52. The first kappa shape index (κ1) is 20.2. The van der Waals surface area contributed by atoms with Crippen molar-refractivity contribution in [3.8, 4) is 5.75 Å². The maximum atomic E-state index is 12.7. The second-order valence-corrected chi connectivity index (χ2v) is 8.52.